The predicted molar refractivity (Wildman–Crippen MR) is 96.9 cm³/mol. The van der Waals surface area contributed by atoms with Crippen LogP contribution < -0.4 is 11.1 Å². The third kappa shape index (κ3) is 3.75. The summed E-state index contributed by atoms with van der Waals surface area (Å²) >= 11 is 1.64. The molecule has 6 heteroatoms. The topological polar surface area (TPSA) is 75.4 Å². The lowest BCUT2D eigenvalue weighted by Crippen LogP contribution is -2.48. The first-order valence-corrected chi connectivity index (χ1v) is 9.80. The Bertz CT molecular complexity index is 622. The van der Waals surface area contributed by atoms with Crippen molar-refractivity contribution in [1.82, 2.24) is 4.90 Å². The second kappa shape index (κ2) is 7.57. The Morgan fingerprint density at radius 1 is 1.33 bits per heavy atom. The summed E-state index contributed by atoms with van der Waals surface area (Å²) in [6.45, 7) is 0.234. The van der Waals surface area contributed by atoms with Gasteiger partial charge in [0, 0.05) is 16.6 Å². The first-order valence-electron chi connectivity index (χ1n) is 8.57. The number of primary amides is 1. The summed E-state index contributed by atoms with van der Waals surface area (Å²) in [5.74, 6) is 0.121. The lowest BCUT2D eigenvalue weighted by atomic mass is 9.84. The largest absolute Gasteiger partial charge is 0.368 e. The van der Waals surface area contributed by atoms with Gasteiger partial charge in [0.15, 0.2) is 0 Å². The molecule has 1 heterocycles. The quantitative estimate of drug-likeness (QED) is 0.802. The lowest BCUT2D eigenvalue weighted by molar-refractivity contribution is -0.124. The van der Waals surface area contributed by atoms with Crippen LogP contribution in [0.1, 0.15) is 32.1 Å². The molecule has 3 N–H and O–H groups in total. The summed E-state index contributed by atoms with van der Waals surface area (Å²) in [5, 5.41) is 2.95. The zero-order valence-electron chi connectivity index (χ0n) is 14.0. The van der Waals surface area contributed by atoms with Crippen LogP contribution >= 0.6 is 11.8 Å². The molecule has 2 aliphatic rings. The first kappa shape index (κ1) is 17.3. The summed E-state index contributed by atoms with van der Waals surface area (Å²) in [5.41, 5.74) is 6.39. The van der Waals surface area contributed by atoms with Crippen LogP contribution in [0.15, 0.2) is 29.2 Å². The van der Waals surface area contributed by atoms with Gasteiger partial charge in [-0.25, -0.2) is 0 Å². The number of nitrogens with zero attached hydrogens (tertiary/aromatic N) is 1. The molecule has 1 aliphatic heterocycles. The maximum Gasteiger partial charge on any atom is 0.238 e. The van der Waals surface area contributed by atoms with Crippen molar-refractivity contribution in [2.24, 2.45) is 11.7 Å². The van der Waals surface area contributed by atoms with Crippen LogP contribution in [0.4, 0.5) is 5.69 Å². The van der Waals surface area contributed by atoms with E-state index >= 15 is 0 Å². The zero-order chi connectivity index (χ0) is 17.1. The van der Waals surface area contributed by atoms with Gasteiger partial charge in [0.1, 0.15) is 0 Å². The van der Waals surface area contributed by atoms with Gasteiger partial charge in [-0.2, -0.15) is 0 Å². The third-order valence-electron chi connectivity index (χ3n) is 5.23. The molecule has 2 fully saturated rings. The molecule has 1 aliphatic carbocycles. The van der Waals surface area contributed by atoms with Crippen LogP contribution in [0, 0.1) is 5.92 Å². The average Bonchev–Trinajstić information content (AvgIpc) is 2.94. The molecule has 0 unspecified atom stereocenters. The van der Waals surface area contributed by atoms with Crippen molar-refractivity contribution in [2.75, 3.05) is 18.1 Å². The third-order valence-corrected chi connectivity index (χ3v) is 5.95. The molecule has 0 bridgehead atoms. The minimum atomic E-state index is -0.304. The van der Waals surface area contributed by atoms with Gasteiger partial charge in [0.25, 0.3) is 0 Å². The van der Waals surface area contributed by atoms with Crippen molar-refractivity contribution in [3.8, 4) is 0 Å². The number of likely N-dealkylation sites (tertiary alicyclic amines) is 1. The number of thioether (sulfide) groups is 1. The number of carbonyl (C=O) groups is 2. The van der Waals surface area contributed by atoms with Gasteiger partial charge in [-0.05, 0) is 49.6 Å². The molecule has 0 radical (unpaired) electrons. The highest BCUT2D eigenvalue weighted by molar-refractivity contribution is 7.98. The average molecular weight is 347 g/mol. The van der Waals surface area contributed by atoms with E-state index in [2.05, 4.69) is 5.32 Å². The highest BCUT2D eigenvalue weighted by Crippen LogP contribution is 2.39. The van der Waals surface area contributed by atoms with Gasteiger partial charge >= 0.3 is 0 Å². The van der Waals surface area contributed by atoms with Crippen molar-refractivity contribution in [2.45, 2.75) is 49.1 Å². The van der Waals surface area contributed by atoms with Crippen LogP contribution in [-0.4, -0.2) is 41.6 Å². The fourth-order valence-corrected chi connectivity index (χ4v) is 4.59. The summed E-state index contributed by atoms with van der Waals surface area (Å²) in [7, 11) is 0. The standard InChI is InChI=1S/C18H25N3O2S/c1-24-14-7-4-6-13(10-14)20-17(22)11-21-15-8-3-2-5-12(15)9-16(21)18(19)23/h4,6-7,10,12,15-16H,2-3,5,8-9,11H2,1H3,(H2,19,23)(H,20,22)/t12-,15+,16-/m0/s1. The smallest absolute Gasteiger partial charge is 0.238 e. The molecule has 1 aromatic carbocycles. The van der Waals surface area contributed by atoms with Crippen LogP contribution in [0.2, 0.25) is 0 Å². The van der Waals surface area contributed by atoms with Crippen molar-refractivity contribution in [1.29, 1.82) is 0 Å². The lowest BCUT2D eigenvalue weighted by Gasteiger charge is -2.32. The van der Waals surface area contributed by atoms with Crippen LogP contribution in [0.25, 0.3) is 0 Å². The van der Waals surface area contributed by atoms with Crippen molar-refractivity contribution in [3.05, 3.63) is 24.3 Å². The fraction of sp³-hybridized carbons (Fsp3) is 0.556. The SMILES string of the molecule is CSc1cccc(NC(=O)CN2[C@@H]3CCCC[C@H]3C[C@H]2C(N)=O)c1. The monoisotopic (exact) mass is 347 g/mol. The summed E-state index contributed by atoms with van der Waals surface area (Å²) in [6, 6.07) is 7.80. The van der Waals surface area contributed by atoms with Crippen molar-refractivity contribution >= 4 is 29.3 Å². The summed E-state index contributed by atoms with van der Waals surface area (Å²) in [6.07, 6.45) is 7.39. The van der Waals surface area contributed by atoms with E-state index in [9.17, 15) is 9.59 Å². The van der Waals surface area contributed by atoms with E-state index < -0.39 is 0 Å². The number of carbonyl (C=O) groups excluding carboxylic acids is 2. The molecule has 130 valence electrons. The number of anilines is 1. The molecular weight excluding hydrogens is 322 g/mol. The van der Waals surface area contributed by atoms with Gasteiger partial charge in [0.05, 0.1) is 12.6 Å². The number of nitrogens with two attached hydrogens (primary N) is 1. The normalized spacial score (nSPS) is 26.8. The Hall–Kier alpha value is -1.53. The van der Waals surface area contributed by atoms with Gasteiger partial charge in [-0.3, -0.25) is 14.5 Å². The fourth-order valence-electron chi connectivity index (χ4n) is 4.13. The van der Waals surface area contributed by atoms with Gasteiger partial charge in [0.2, 0.25) is 11.8 Å². The summed E-state index contributed by atoms with van der Waals surface area (Å²) < 4.78 is 0. The maximum atomic E-state index is 12.5. The molecule has 3 atom stereocenters. The van der Waals surface area contributed by atoms with E-state index in [0.29, 0.717) is 12.0 Å². The molecule has 2 amide bonds. The number of hydrogen-bond donors (Lipinski definition) is 2. The minimum absolute atomic E-state index is 0.0780. The van der Waals surface area contributed by atoms with Crippen LogP contribution in [-0.2, 0) is 9.59 Å². The molecule has 5 nitrogen and oxygen atoms in total. The Morgan fingerprint density at radius 3 is 2.88 bits per heavy atom. The number of benzene rings is 1. The number of hydrogen-bond acceptors (Lipinski definition) is 4. The Balaban J connectivity index is 1.68. The van der Waals surface area contributed by atoms with Gasteiger partial charge < -0.3 is 11.1 Å². The Kier molecular flexibility index (Phi) is 5.46. The molecule has 0 spiro atoms. The van der Waals surface area contributed by atoms with Crippen LogP contribution in [0.5, 0.6) is 0 Å². The second-order valence-corrected chi connectivity index (χ2v) is 7.60. The molecule has 0 aromatic heterocycles. The maximum absolute atomic E-state index is 12.5. The van der Waals surface area contributed by atoms with E-state index in [1.54, 1.807) is 11.8 Å². The van der Waals surface area contributed by atoms with E-state index in [4.69, 9.17) is 5.73 Å². The molecule has 24 heavy (non-hydrogen) atoms. The highest BCUT2D eigenvalue weighted by atomic mass is 32.2. The van der Waals surface area contributed by atoms with Crippen molar-refractivity contribution < 1.29 is 9.59 Å². The number of fused-ring (bicyclic) bond motifs is 1. The Morgan fingerprint density at radius 2 is 2.12 bits per heavy atom. The predicted octanol–water partition coefficient (Wildman–Crippen LogP) is 2.47. The molecule has 1 aromatic rings. The number of nitrogens with one attached hydrogen (secondary N) is 1. The molecule has 1 saturated heterocycles. The van der Waals surface area contributed by atoms with E-state index in [1.165, 1.54) is 12.8 Å². The molecule has 3 rings (SSSR count). The van der Waals surface area contributed by atoms with E-state index in [-0.39, 0.29) is 24.4 Å². The van der Waals surface area contributed by atoms with Gasteiger partial charge in [-0.15, -0.1) is 11.8 Å². The van der Waals surface area contributed by atoms with E-state index in [1.807, 2.05) is 35.4 Å². The highest BCUT2D eigenvalue weighted by Gasteiger charge is 2.44. The Labute approximate surface area is 147 Å². The second-order valence-electron chi connectivity index (χ2n) is 6.72. The molecule has 1 saturated carbocycles. The molecular formula is C18H25N3O2S. The number of amides is 2. The minimum Gasteiger partial charge on any atom is -0.368 e. The first-order chi connectivity index (χ1) is 11.6. The van der Waals surface area contributed by atoms with Gasteiger partial charge in [-0.1, -0.05) is 18.9 Å². The summed E-state index contributed by atoms with van der Waals surface area (Å²) in [4.78, 5) is 27.5. The van der Waals surface area contributed by atoms with Crippen LogP contribution in [0.3, 0.4) is 0 Å². The number of rotatable bonds is 5. The van der Waals surface area contributed by atoms with E-state index in [0.717, 1.165) is 29.8 Å². The zero-order valence-corrected chi connectivity index (χ0v) is 14.8. The van der Waals surface area contributed by atoms with Crippen molar-refractivity contribution in [3.63, 3.8) is 0 Å².